The number of carbonyl (C=O) groups excluding carboxylic acids is 1. The molecule has 0 unspecified atom stereocenters. The van der Waals surface area contributed by atoms with Gasteiger partial charge in [0, 0.05) is 21.4 Å². The number of anilines is 2. The van der Waals surface area contributed by atoms with Crippen molar-refractivity contribution in [1.29, 1.82) is 0 Å². The lowest BCUT2D eigenvalue weighted by Crippen LogP contribution is -2.15. The predicted octanol–water partition coefficient (Wildman–Crippen LogP) is 4.14. The first-order valence-corrected chi connectivity index (χ1v) is 6.35. The molecule has 3 N–H and O–H groups in total. The second kappa shape index (κ2) is 5.51. The maximum absolute atomic E-state index is 12.2. The molecule has 3 nitrogen and oxygen atoms in total. The first-order chi connectivity index (χ1) is 8.97. The summed E-state index contributed by atoms with van der Waals surface area (Å²) in [4.78, 5) is 12.2. The summed E-state index contributed by atoms with van der Waals surface area (Å²) in [6.07, 6.45) is 0. The van der Waals surface area contributed by atoms with Crippen molar-refractivity contribution in [2.75, 3.05) is 11.1 Å². The van der Waals surface area contributed by atoms with Gasteiger partial charge in [0.05, 0.1) is 5.56 Å². The molecule has 2 aromatic rings. The van der Waals surface area contributed by atoms with E-state index in [-0.39, 0.29) is 5.91 Å². The average molecular weight is 295 g/mol. The van der Waals surface area contributed by atoms with E-state index >= 15 is 0 Å². The second-order valence-corrected chi connectivity index (χ2v) is 5.02. The van der Waals surface area contributed by atoms with Gasteiger partial charge in [0.2, 0.25) is 0 Å². The van der Waals surface area contributed by atoms with Crippen LogP contribution in [0.5, 0.6) is 0 Å². The highest BCUT2D eigenvalue weighted by atomic mass is 35.5. The summed E-state index contributed by atoms with van der Waals surface area (Å²) in [6.45, 7) is 1.83. The van der Waals surface area contributed by atoms with Crippen molar-refractivity contribution in [1.82, 2.24) is 0 Å². The molecule has 2 rings (SSSR count). The van der Waals surface area contributed by atoms with Crippen molar-refractivity contribution in [3.63, 3.8) is 0 Å². The van der Waals surface area contributed by atoms with Crippen LogP contribution in [0.15, 0.2) is 36.4 Å². The quantitative estimate of drug-likeness (QED) is 0.818. The van der Waals surface area contributed by atoms with Crippen LogP contribution in [0.2, 0.25) is 10.0 Å². The molecule has 5 heteroatoms. The number of hydrogen-bond acceptors (Lipinski definition) is 2. The zero-order valence-electron chi connectivity index (χ0n) is 10.2. The average Bonchev–Trinajstić information content (AvgIpc) is 2.26. The van der Waals surface area contributed by atoms with Gasteiger partial charge in [-0.2, -0.15) is 0 Å². The first-order valence-electron chi connectivity index (χ1n) is 5.60. The fraction of sp³-hybridized carbons (Fsp3) is 0.0714. The third kappa shape index (κ3) is 3.19. The van der Waals surface area contributed by atoms with Gasteiger partial charge in [0.1, 0.15) is 0 Å². The minimum Gasteiger partial charge on any atom is -0.398 e. The normalized spacial score (nSPS) is 10.3. The summed E-state index contributed by atoms with van der Waals surface area (Å²) in [5.41, 5.74) is 8.06. The second-order valence-electron chi connectivity index (χ2n) is 4.15. The highest BCUT2D eigenvalue weighted by Crippen LogP contribution is 2.24. The molecule has 0 aliphatic heterocycles. The van der Waals surface area contributed by atoms with Crippen LogP contribution in [-0.2, 0) is 0 Å². The van der Waals surface area contributed by atoms with Gasteiger partial charge in [-0.3, -0.25) is 4.79 Å². The van der Waals surface area contributed by atoms with Gasteiger partial charge in [0.15, 0.2) is 0 Å². The van der Waals surface area contributed by atoms with E-state index in [1.165, 1.54) is 0 Å². The molecule has 19 heavy (non-hydrogen) atoms. The van der Waals surface area contributed by atoms with Crippen LogP contribution < -0.4 is 11.1 Å². The summed E-state index contributed by atoms with van der Waals surface area (Å²) in [6, 6.07) is 10.2. The van der Waals surface area contributed by atoms with E-state index in [0.717, 1.165) is 5.56 Å². The molecule has 0 heterocycles. The lowest BCUT2D eigenvalue weighted by molar-refractivity contribution is 0.102. The molecule has 0 aromatic heterocycles. The van der Waals surface area contributed by atoms with E-state index in [2.05, 4.69) is 5.32 Å². The smallest absolute Gasteiger partial charge is 0.258 e. The summed E-state index contributed by atoms with van der Waals surface area (Å²) in [5.74, 6) is -0.283. The molecule has 0 aliphatic rings. The van der Waals surface area contributed by atoms with E-state index in [0.29, 0.717) is 27.0 Å². The van der Waals surface area contributed by atoms with Crippen molar-refractivity contribution in [2.45, 2.75) is 6.92 Å². The van der Waals surface area contributed by atoms with Crippen molar-refractivity contribution >= 4 is 40.5 Å². The Bertz CT molecular complexity index is 601. The predicted molar refractivity (Wildman–Crippen MR) is 80.0 cm³/mol. The van der Waals surface area contributed by atoms with Gasteiger partial charge < -0.3 is 11.1 Å². The minimum absolute atomic E-state index is 0.283. The third-order valence-corrected chi connectivity index (χ3v) is 3.09. The van der Waals surface area contributed by atoms with E-state index < -0.39 is 0 Å². The van der Waals surface area contributed by atoms with Crippen LogP contribution in [0.4, 0.5) is 11.4 Å². The highest BCUT2D eigenvalue weighted by Gasteiger charge is 2.13. The Balaban J connectivity index is 2.31. The molecule has 0 atom stereocenters. The van der Waals surface area contributed by atoms with Crippen LogP contribution in [0.1, 0.15) is 15.9 Å². The number of aryl methyl sites for hydroxylation is 1. The van der Waals surface area contributed by atoms with E-state index in [1.54, 1.807) is 30.3 Å². The Morgan fingerprint density at radius 3 is 2.37 bits per heavy atom. The monoisotopic (exact) mass is 294 g/mol. The molecular weight excluding hydrogens is 283 g/mol. The minimum atomic E-state index is -0.283. The Hall–Kier alpha value is -1.71. The van der Waals surface area contributed by atoms with Crippen LogP contribution in [0.25, 0.3) is 0 Å². The molecule has 2 aromatic carbocycles. The van der Waals surface area contributed by atoms with Crippen LogP contribution in [0, 0.1) is 6.92 Å². The lowest BCUT2D eigenvalue weighted by Gasteiger charge is -2.10. The number of amides is 1. The summed E-state index contributed by atoms with van der Waals surface area (Å²) >= 11 is 11.8. The molecule has 0 spiro atoms. The molecule has 1 amide bonds. The number of nitrogen functional groups attached to an aromatic ring is 1. The molecular formula is C14H12Cl2N2O. The van der Waals surface area contributed by atoms with E-state index in [4.69, 9.17) is 28.9 Å². The number of rotatable bonds is 2. The summed E-state index contributed by atoms with van der Waals surface area (Å²) in [5, 5.41) is 3.65. The fourth-order valence-corrected chi connectivity index (χ4v) is 2.35. The van der Waals surface area contributed by atoms with E-state index in [9.17, 15) is 4.79 Å². The van der Waals surface area contributed by atoms with Crippen molar-refractivity contribution in [3.05, 3.63) is 57.6 Å². The molecule has 0 aliphatic carbocycles. The third-order valence-electron chi connectivity index (χ3n) is 2.65. The molecule has 0 saturated heterocycles. The topological polar surface area (TPSA) is 55.1 Å². The van der Waals surface area contributed by atoms with Gasteiger partial charge in [-0.15, -0.1) is 0 Å². The van der Waals surface area contributed by atoms with Gasteiger partial charge in [-0.05, 0) is 36.8 Å². The Kier molecular flexibility index (Phi) is 3.98. The van der Waals surface area contributed by atoms with Crippen LogP contribution in [-0.4, -0.2) is 5.91 Å². The number of hydrogen-bond donors (Lipinski definition) is 2. The molecule has 0 saturated carbocycles. The van der Waals surface area contributed by atoms with Gasteiger partial charge in [-0.25, -0.2) is 0 Å². The number of carbonyl (C=O) groups is 1. The molecule has 98 valence electrons. The number of nitrogens with two attached hydrogens (primary N) is 1. The first kappa shape index (κ1) is 13.7. The zero-order valence-corrected chi connectivity index (χ0v) is 11.7. The van der Waals surface area contributed by atoms with Crippen LogP contribution >= 0.6 is 23.2 Å². The lowest BCUT2D eigenvalue weighted by atomic mass is 10.1. The Labute approximate surface area is 121 Å². The number of benzene rings is 2. The number of halogens is 2. The Morgan fingerprint density at radius 1 is 1.16 bits per heavy atom. The van der Waals surface area contributed by atoms with Crippen molar-refractivity contribution in [3.8, 4) is 0 Å². The zero-order chi connectivity index (χ0) is 14.0. The summed E-state index contributed by atoms with van der Waals surface area (Å²) < 4.78 is 0. The van der Waals surface area contributed by atoms with Gasteiger partial charge in [-0.1, -0.05) is 35.3 Å². The van der Waals surface area contributed by atoms with Crippen LogP contribution in [0.3, 0.4) is 0 Å². The highest BCUT2D eigenvalue weighted by molar-refractivity contribution is 6.35. The SMILES string of the molecule is Cc1cccc(N)c1C(=O)Nc1cc(Cl)cc(Cl)c1. The summed E-state index contributed by atoms with van der Waals surface area (Å²) in [7, 11) is 0. The Morgan fingerprint density at radius 2 is 1.79 bits per heavy atom. The van der Waals surface area contributed by atoms with E-state index in [1.807, 2.05) is 13.0 Å². The molecule has 0 radical (unpaired) electrons. The largest absolute Gasteiger partial charge is 0.398 e. The fourth-order valence-electron chi connectivity index (χ4n) is 1.82. The molecule has 0 fully saturated rings. The maximum atomic E-state index is 12.2. The standard InChI is InChI=1S/C14H12Cl2N2O/c1-8-3-2-4-12(17)13(8)14(19)18-11-6-9(15)5-10(16)7-11/h2-7H,17H2,1H3,(H,18,19). The van der Waals surface area contributed by atoms with Crippen molar-refractivity contribution in [2.24, 2.45) is 0 Å². The van der Waals surface area contributed by atoms with Crippen molar-refractivity contribution < 1.29 is 4.79 Å². The molecule has 0 bridgehead atoms. The van der Waals surface area contributed by atoms with Gasteiger partial charge in [0.25, 0.3) is 5.91 Å². The maximum Gasteiger partial charge on any atom is 0.258 e. The number of nitrogens with one attached hydrogen (secondary N) is 1. The van der Waals surface area contributed by atoms with Gasteiger partial charge >= 0.3 is 0 Å².